The molecule has 290 valence electrons. The van der Waals surface area contributed by atoms with Crippen LogP contribution in [0.25, 0.3) is 11.1 Å². The van der Waals surface area contributed by atoms with Crippen LogP contribution in [0.3, 0.4) is 0 Å². The van der Waals surface area contributed by atoms with Gasteiger partial charge in [-0.3, -0.25) is 14.7 Å². The molecule has 1 aliphatic rings. The summed E-state index contributed by atoms with van der Waals surface area (Å²) >= 11 is 0. The first kappa shape index (κ1) is 40.2. The number of unbranched alkanes of at least 4 members (excludes halogenated alkanes) is 6. The van der Waals surface area contributed by atoms with E-state index in [2.05, 4.69) is 193 Å². The highest BCUT2D eigenvalue weighted by molar-refractivity contribution is 5.83. The zero-order valence-corrected chi connectivity index (χ0v) is 34.3. The molecule has 0 aromatic heterocycles. The Bertz CT molecular complexity index is 1810. The van der Waals surface area contributed by atoms with Crippen LogP contribution in [0, 0.1) is 0 Å². The van der Waals surface area contributed by atoms with Gasteiger partial charge in [-0.2, -0.15) is 0 Å². The van der Waals surface area contributed by atoms with Crippen LogP contribution in [-0.2, 0) is 5.41 Å². The summed E-state index contributed by atoms with van der Waals surface area (Å²) < 4.78 is 0. The van der Waals surface area contributed by atoms with Crippen molar-refractivity contribution in [2.75, 3.05) is 57.6 Å². The van der Waals surface area contributed by atoms with Gasteiger partial charge in [0.25, 0.3) is 0 Å². The third kappa shape index (κ3) is 10.1. The number of nitrogens with zero attached hydrogens (tertiary/aromatic N) is 5. The van der Waals surface area contributed by atoms with E-state index in [1.807, 2.05) is 0 Å². The van der Waals surface area contributed by atoms with Gasteiger partial charge in [-0.25, -0.2) is 0 Å². The molecule has 6 rings (SSSR count). The maximum atomic E-state index is 2.58. The lowest BCUT2D eigenvalue weighted by Crippen LogP contribution is -2.45. The van der Waals surface area contributed by atoms with Crippen LogP contribution in [0.15, 0.2) is 133 Å². The number of fused-ring (bicyclic) bond motifs is 3. The van der Waals surface area contributed by atoms with Crippen molar-refractivity contribution in [3.8, 4) is 11.1 Å². The largest absolute Gasteiger partial charge is 0.328 e. The number of benzene rings is 5. The summed E-state index contributed by atoms with van der Waals surface area (Å²) in [6.07, 6.45) is 12.8. The molecule has 0 N–H and O–H groups in total. The Hall–Kier alpha value is -4.42. The fourth-order valence-corrected chi connectivity index (χ4v) is 8.87. The molecular weight excluding hydrogens is 671 g/mol. The fraction of sp³-hybridized carbons (Fsp3) is 0.400. The molecule has 0 atom stereocenters. The van der Waals surface area contributed by atoms with Gasteiger partial charge in [-0.05, 0) is 105 Å². The molecule has 5 aromatic carbocycles. The van der Waals surface area contributed by atoms with Gasteiger partial charge >= 0.3 is 0 Å². The molecule has 0 fully saturated rings. The summed E-state index contributed by atoms with van der Waals surface area (Å²) in [5.74, 6) is 0. The molecule has 0 saturated carbocycles. The highest BCUT2D eigenvalue weighted by Crippen LogP contribution is 2.55. The van der Waals surface area contributed by atoms with E-state index in [-0.39, 0.29) is 5.41 Å². The Morgan fingerprint density at radius 2 is 0.800 bits per heavy atom. The van der Waals surface area contributed by atoms with E-state index in [4.69, 9.17) is 0 Å². The molecule has 0 unspecified atom stereocenters. The predicted octanol–water partition coefficient (Wildman–Crippen LogP) is 12.5. The van der Waals surface area contributed by atoms with Crippen molar-refractivity contribution < 1.29 is 0 Å². The first-order valence-corrected chi connectivity index (χ1v) is 20.9. The third-order valence-corrected chi connectivity index (χ3v) is 11.4. The Morgan fingerprint density at radius 1 is 0.382 bits per heavy atom. The van der Waals surface area contributed by atoms with Gasteiger partial charge in [0, 0.05) is 28.2 Å². The monoisotopic (exact) mass is 736 g/mol. The first-order chi connectivity index (χ1) is 26.9. The van der Waals surface area contributed by atoms with Crippen molar-refractivity contribution in [3.05, 3.63) is 145 Å². The zero-order chi connectivity index (χ0) is 38.5. The second-order valence-electron chi connectivity index (χ2n) is 16.0. The maximum Gasteiger partial charge on any atom is 0.0764 e. The number of hydrogen-bond donors (Lipinski definition) is 0. The summed E-state index contributed by atoms with van der Waals surface area (Å²) in [4.78, 5) is 12.1. The third-order valence-electron chi connectivity index (χ3n) is 11.4. The lowest BCUT2D eigenvalue weighted by atomic mass is 9.70. The van der Waals surface area contributed by atoms with E-state index in [1.54, 1.807) is 11.1 Å². The number of hydrogen-bond acceptors (Lipinski definition) is 5. The van der Waals surface area contributed by atoms with Crippen molar-refractivity contribution in [1.29, 1.82) is 0 Å². The summed E-state index contributed by atoms with van der Waals surface area (Å²) in [5, 5.41) is 0. The van der Waals surface area contributed by atoms with E-state index < -0.39 is 0 Å². The predicted molar refractivity (Wildman–Crippen MR) is 237 cm³/mol. The molecule has 0 bridgehead atoms. The molecule has 0 saturated heterocycles. The van der Waals surface area contributed by atoms with Crippen LogP contribution < -0.4 is 9.80 Å². The minimum Gasteiger partial charge on any atom is -0.328 e. The molecule has 5 aromatic rings. The average Bonchev–Trinajstić information content (AvgIpc) is 3.49. The van der Waals surface area contributed by atoms with Crippen molar-refractivity contribution in [3.63, 3.8) is 0 Å². The molecule has 1 aliphatic carbocycles. The van der Waals surface area contributed by atoms with Crippen LogP contribution in [0.5, 0.6) is 0 Å². The highest BCUT2D eigenvalue weighted by atomic mass is 15.4. The van der Waals surface area contributed by atoms with Crippen molar-refractivity contribution in [2.45, 2.75) is 83.5 Å². The van der Waals surface area contributed by atoms with E-state index in [0.717, 1.165) is 26.7 Å². The summed E-state index contributed by atoms with van der Waals surface area (Å²) in [6, 6.07) is 49.1. The fourth-order valence-electron chi connectivity index (χ4n) is 8.87. The number of rotatable bonds is 22. The van der Waals surface area contributed by atoms with Gasteiger partial charge in [0.05, 0.1) is 26.7 Å². The van der Waals surface area contributed by atoms with Gasteiger partial charge in [0.15, 0.2) is 0 Å². The van der Waals surface area contributed by atoms with Gasteiger partial charge in [0.2, 0.25) is 0 Å². The lowest BCUT2D eigenvalue weighted by Gasteiger charge is -2.36. The van der Waals surface area contributed by atoms with Gasteiger partial charge in [0.1, 0.15) is 0 Å². The quantitative estimate of drug-likeness (QED) is 0.0518. The topological polar surface area (TPSA) is 16.2 Å². The molecule has 5 nitrogen and oxygen atoms in total. The minimum atomic E-state index is 0.0653. The SMILES string of the molecule is CCCCCCC1(CCCCCC)c2ccccc2-c2ccc(N(CN(C)CN(C)CN(C)CN(c3ccccc3)c3ccccc3)c3ccccc3)cc21. The second-order valence-corrected chi connectivity index (χ2v) is 16.0. The molecular formula is C50H65N5. The Labute approximate surface area is 333 Å². The number of para-hydroxylation sites is 3. The normalized spacial score (nSPS) is 13.0. The van der Waals surface area contributed by atoms with E-state index in [0.29, 0.717) is 0 Å². The molecule has 0 spiro atoms. The number of anilines is 4. The molecule has 0 radical (unpaired) electrons. The molecule has 0 amide bonds. The average molecular weight is 736 g/mol. The smallest absolute Gasteiger partial charge is 0.0764 e. The first-order valence-electron chi connectivity index (χ1n) is 20.9. The lowest BCUT2D eigenvalue weighted by molar-refractivity contribution is 0.121. The van der Waals surface area contributed by atoms with Gasteiger partial charge in [-0.1, -0.05) is 150 Å². The summed E-state index contributed by atoms with van der Waals surface area (Å²) in [5.41, 5.74) is 10.9. The standard InChI is InChI=1S/C50H65N5/c1-6-8-10-23-35-50(36-24-11-9-7-2)48-32-22-21-31-46(48)47-34-33-45(37-49(47)50)55(44-29-19-14-20-30-44)41-53(5)39-51(3)38-52(4)40-54(42-25-15-12-16-26-42)43-27-17-13-18-28-43/h12-22,25-34,37H,6-11,23-24,35-36,38-41H2,1-5H3. The van der Waals surface area contributed by atoms with Crippen LogP contribution in [0.2, 0.25) is 0 Å². The van der Waals surface area contributed by atoms with Crippen LogP contribution in [-0.4, -0.2) is 62.5 Å². The van der Waals surface area contributed by atoms with Crippen LogP contribution in [0.1, 0.15) is 89.2 Å². The highest BCUT2D eigenvalue weighted by Gasteiger charge is 2.42. The zero-order valence-electron chi connectivity index (χ0n) is 34.3. The van der Waals surface area contributed by atoms with E-state index >= 15 is 0 Å². The molecule has 0 aliphatic heterocycles. The van der Waals surface area contributed by atoms with E-state index in [1.165, 1.54) is 98.1 Å². The maximum absolute atomic E-state index is 2.58. The summed E-state index contributed by atoms with van der Waals surface area (Å²) in [6.45, 7) is 7.88. The molecule has 55 heavy (non-hydrogen) atoms. The van der Waals surface area contributed by atoms with Crippen molar-refractivity contribution in [2.24, 2.45) is 0 Å². The second kappa shape index (κ2) is 20.0. The minimum absolute atomic E-state index is 0.0653. The Balaban J connectivity index is 1.22. The Kier molecular flexibility index (Phi) is 14.6. The molecule has 5 heteroatoms. The Morgan fingerprint density at radius 3 is 1.29 bits per heavy atom. The molecule has 0 heterocycles. The van der Waals surface area contributed by atoms with Crippen LogP contribution in [0.4, 0.5) is 22.7 Å². The van der Waals surface area contributed by atoms with Gasteiger partial charge in [-0.15, -0.1) is 0 Å². The van der Waals surface area contributed by atoms with Crippen molar-refractivity contribution in [1.82, 2.24) is 14.7 Å². The van der Waals surface area contributed by atoms with Gasteiger partial charge < -0.3 is 9.80 Å². The van der Waals surface area contributed by atoms with Crippen LogP contribution >= 0.6 is 0 Å². The van der Waals surface area contributed by atoms with Crippen molar-refractivity contribution >= 4 is 22.7 Å². The summed E-state index contributed by atoms with van der Waals surface area (Å²) in [7, 11) is 6.69. The van der Waals surface area contributed by atoms with E-state index in [9.17, 15) is 0 Å².